The third-order valence-corrected chi connectivity index (χ3v) is 2.23. The van der Waals surface area contributed by atoms with Gasteiger partial charge in [-0.15, -0.1) is 0 Å². The smallest absolute Gasteiger partial charge is 0.418 e. The van der Waals surface area contributed by atoms with Crippen LogP contribution >= 0.6 is 0 Å². The van der Waals surface area contributed by atoms with E-state index in [1.54, 1.807) is 0 Å². The lowest BCUT2D eigenvalue weighted by atomic mass is 10.1. The molecule has 0 bridgehead atoms. The highest BCUT2D eigenvalue weighted by Gasteiger charge is 2.38. The molecule has 0 aliphatic heterocycles. The van der Waals surface area contributed by atoms with E-state index < -0.39 is 47.8 Å². The lowest BCUT2D eigenvalue weighted by molar-refractivity contribution is -0.143. The van der Waals surface area contributed by atoms with E-state index in [1.165, 1.54) is 6.92 Å². The molecule has 1 heterocycles. The summed E-state index contributed by atoms with van der Waals surface area (Å²) in [6.07, 6.45) is -9.53. The zero-order valence-electron chi connectivity index (χ0n) is 10.1. The highest BCUT2D eigenvalue weighted by Crippen LogP contribution is 2.36. The summed E-state index contributed by atoms with van der Waals surface area (Å²) in [7, 11) is 0. The Hall–Kier alpha value is -1.80. The monoisotopic (exact) mass is 301 g/mol. The van der Waals surface area contributed by atoms with Gasteiger partial charge in [-0.1, -0.05) is 0 Å². The second-order valence-electron chi connectivity index (χ2n) is 3.65. The van der Waals surface area contributed by atoms with E-state index in [1.807, 2.05) is 0 Å². The number of pyridine rings is 1. The first kappa shape index (κ1) is 16.3. The molecule has 112 valence electrons. The van der Waals surface area contributed by atoms with Gasteiger partial charge in [0.2, 0.25) is 5.95 Å². The number of ether oxygens (including phenoxy) is 1. The molecule has 3 nitrogen and oxygen atoms in total. The second kappa shape index (κ2) is 6.10. The zero-order valence-corrected chi connectivity index (χ0v) is 10.1. The highest BCUT2D eigenvalue weighted by atomic mass is 19.4. The van der Waals surface area contributed by atoms with E-state index in [-0.39, 0.29) is 12.7 Å². The molecule has 0 unspecified atom stereocenters. The number of carbonyl (C=O) groups excluding carboxylic acids is 1. The maximum Gasteiger partial charge on any atom is 0.418 e. The summed E-state index contributed by atoms with van der Waals surface area (Å²) in [5.74, 6) is -2.53. The number of aromatic nitrogens is 1. The molecule has 0 N–H and O–H groups in total. The predicted molar refractivity (Wildman–Crippen MR) is 54.5 cm³/mol. The number of carbonyl (C=O) groups is 1. The van der Waals surface area contributed by atoms with Crippen LogP contribution in [0.3, 0.4) is 0 Å². The summed E-state index contributed by atoms with van der Waals surface area (Å²) in [5, 5.41) is 0. The van der Waals surface area contributed by atoms with Gasteiger partial charge in [0, 0.05) is 5.56 Å². The molecule has 0 atom stereocenters. The average Bonchev–Trinajstić information content (AvgIpc) is 2.29. The Morgan fingerprint density at radius 2 is 2.00 bits per heavy atom. The normalized spacial score (nSPS) is 11.8. The third kappa shape index (κ3) is 3.84. The minimum Gasteiger partial charge on any atom is -0.466 e. The standard InChI is InChI=1S/C11H9F6NO2/c1-2-20-7(19)4-5-3-6(11(15,16)17)8(9(12)13)18-10(5)14/h3,9H,2,4H2,1H3. The van der Waals surface area contributed by atoms with E-state index in [4.69, 9.17) is 0 Å². The summed E-state index contributed by atoms with van der Waals surface area (Å²) >= 11 is 0. The molecule has 0 saturated heterocycles. The van der Waals surface area contributed by atoms with Crippen LogP contribution in [0.5, 0.6) is 0 Å². The Kier molecular flexibility index (Phi) is 4.96. The van der Waals surface area contributed by atoms with Crippen molar-refractivity contribution in [2.24, 2.45) is 0 Å². The van der Waals surface area contributed by atoms with Gasteiger partial charge in [0.1, 0.15) is 5.69 Å². The van der Waals surface area contributed by atoms with E-state index in [2.05, 4.69) is 9.72 Å². The van der Waals surface area contributed by atoms with E-state index >= 15 is 0 Å². The van der Waals surface area contributed by atoms with Crippen molar-refractivity contribution in [2.45, 2.75) is 25.9 Å². The lowest BCUT2D eigenvalue weighted by Crippen LogP contribution is -2.16. The summed E-state index contributed by atoms with van der Waals surface area (Å²) in [6.45, 7) is 1.41. The van der Waals surface area contributed by atoms with Crippen molar-refractivity contribution in [1.29, 1.82) is 0 Å². The molecule has 1 aromatic rings. The van der Waals surface area contributed by atoms with Gasteiger partial charge >= 0.3 is 12.1 Å². The first-order valence-electron chi connectivity index (χ1n) is 5.37. The second-order valence-corrected chi connectivity index (χ2v) is 3.65. The summed E-state index contributed by atoms with van der Waals surface area (Å²) in [5.41, 5.74) is -4.23. The fourth-order valence-corrected chi connectivity index (χ4v) is 1.43. The van der Waals surface area contributed by atoms with E-state index in [0.29, 0.717) is 0 Å². The molecule has 1 rings (SSSR count). The van der Waals surface area contributed by atoms with Crippen LogP contribution in [-0.4, -0.2) is 17.6 Å². The van der Waals surface area contributed by atoms with Crippen LogP contribution in [-0.2, 0) is 22.1 Å². The predicted octanol–water partition coefficient (Wildman–Crippen LogP) is 3.28. The molecular formula is C11H9F6NO2. The van der Waals surface area contributed by atoms with Crippen LogP contribution in [0.4, 0.5) is 26.3 Å². The number of hydrogen-bond donors (Lipinski definition) is 0. The maximum absolute atomic E-state index is 13.4. The number of alkyl halides is 5. The van der Waals surface area contributed by atoms with Gasteiger partial charge in [-0.2, -0.15) is 17.6 Å². The van der Waals surface area contributed by atoms with Gasteiger partial charge in [-0.3, -0.25) is 4.79 Å². The van der Waals surface area contributed by atoms with Crippen LogP contribution < -0.4 is 0 Å². The fraction of sp³-hybridized carbons (Fsp3) is 0.455. The van der Waals surface area contributed by atoms with Gasteiger partial charge in [0.25, 0.3) is 6.43 Å². The molecule has 0 fully saturated rings. The minimum atomic E-state index is -5.13. The highest BCUT2D eigenvalue weighted by molar-refractivity contribution is 5.72. The van der Waals surface area contributed by atoms with Crippen molar-refractivity contribution in [2.75, 3.05) is 6.61 Å². The first-order valence-corrected chi connectivity index (χ1v) is 5.37. The van der Waals surface area contributed by atoms with Crippen LogP contribution in [0.15, 0.2) is 6.07 Å². The van der Waals surface area contributed by atoms with E-state index in [9.17, 15) is 31.1 Å². The van der Waals surface area contributed by atoms with Crippen molar-refractivity contribution in [1.82, 2.24) is 4.98 Å². The van der Waals surface area contributed by atoms with E-state index in [0.717, 1.165) is 0 Å². The molecular weight excluding hydrogens is 292 g/mol. The van der Waals surface area contributed by atoms with Crippen molar-refractivity contribution in [3.63, 3.8) is 0 Å². The summed E-state index contributed by atoms with van der Waals surface area (Å²) in [4.78, 5) is 13.7. The van der Waals surface area contributed by atoms with Gasteiger partial charge in [-0.25, -0.2) is 13.8 Å². The Bertz CT molecular complexity index is 500. The van der Waals surface area contributed by atoms with Crippen molar-refractivity contribution < 1.29 is 35.9 Å². The van der Waals surface area contributed by atoms with Gasteiger partial charge in [0.15, 0.2) is 0 Å². The Morgan fingerprint density at radius 1 is 1.40 bits per heavy atom. The van der Waals surface area contributed by atoms with Crippen LogP contribution in [0, 0.1) is 5.95 Å². The number of halogens is 6. The van der Waals surface area contributed by atoms with Gasteiger partial charge < -0.3 is 4.74 Å². The molecule has 0 radical (unpaired) electrons. The van der Waals surface area contributed by atoms with Crippen LogP contribution in [0.1, 0.15) is 30.2 Å². The number of nitrogens with zero attached hydrogens (tertiary/aromatic N) is 1. The van der Waals surface area contributed by atoms with Gasteiger partial charge in [-0.05, 0) is 13.0 Å². The van der Waals surface area contributed by atoms with Crippen LogP contribution in [0.25, 0.3) is 0 Å². The minimum absolute atomic E-state index is 0.0465. The van der Waals surface area contributed by atoms with Crippen molar-refractivity contribution in [3.8, 4) is 0 Å². The molecule has 1 aromatic heterocycles. The Labute approximate surface area is 109 Å². The lowest BCUT2D eigenvalue weighted by Gasteiger charge is -2.13. The van der Waals surface area contributed by atoms with Gasteiger partial charge in [0.05, 0.1) is 18.6 Å². The molecule has 0 spiro atoms. The molecule has 9 heteroatoms. The van der Waals surface area contributed by atoms with Crippen LogP contribution in [0.2, 0.25) is 0 Å². The Morgan fingerprint density at radius 3 is 2.45 bits per heavy atom. The SMILES string of the molecule is CCOC(=O)Cc1cc(C(F)(F)F)c(C(F)F)nc1F. The number of hydrogen-bond acceptors (Lipinski definition) is 3. The summed E-state index contributed by atoms with van der Waals surface area (Å²) < 4.78 is 80.4. The molecule has 0 aromatic carbocycles. The van der Waals surface area contributed by atoms with Crippen molar-refractivity contribution in [3.05, 3.63) is 28.8 Å². The largest absolute Gasteiger partial charge is 0.466 e. The zero-order chi connectivity index (χ0) is 15.5. The average molecular weight is 301 g/mol. The molecule has 0 aliphatic carbocycles. The summed E-state index contributed by atoms with van der Waals surface area (Å²) in [6, 6.07) is 0.154. The first-order chi connectivity index (χ1) is 9.16. The number of rotatable bonds is 4. The maximum atomic E-state index is 13.4. The number of esters is 1. The molecule has 0 amide bonds. The molecule has 0 saturated carbocycles. The quantitative estimate of drug-likeness (QED) is 0.487. The molecule has 20 heavy (non-hydrogen) atoms. The van der Waals surface area contributed by atoms with Crippen molar-refractivity contribution >= 4 is 5.97 Å². The Balaban J connectivity index is 3.25. The third-order valence-electron chi connectivity index (χ3n) is 2.23. The fourth-order valence-electron chi connectivity index (χ4n) is 1.43. The topological polar surface area (TPSA) is 39.2 Å². The molecule has 0 aliphatic rings.